The molecule has 1 aliphatic heterocycles. The van der Waals surface area contributed by atoms with Crippen LogP contribution in [-0.4, -0.2) is 44.9 Å². The lowest BCUT2D eigenvalue weighted by Crippen LogP contribution is -2.52. The smallest absolute Gasteiger partial charge is 0.261 e. The van der Waals surface area contributed by atoms with Crippen molar-refractivity contribution >= 4 is 21.6 Å². The fourth-order valence-electron chi connectivity index (χ4n) is 2.92. The third-order valence-corrected chi connectivity index (χ3v) is 5.87. The zero-order valence-electron chi connectivity index (χ0n) is 14.9. The molecule has 26 heavy (non-hydrogen) atoms. The van der Waals surface area contributed by atoms with Crippen LogP contribution in [0.2, 0.25) is 0 Å². The molecule has 1 amide bonds. The highest BCUT2D eigenvalue weighted by Crippen LogP contribution is 2.18. The average Bonchev–Trinajstić information content (AvgIpc) is 2.63. The van der Waals surface area contributed by atoms with E-state index in [9.17, 15) is 13.2 Å². The van der Waals surface area contributed by atoms with Crippen LogP contribution in [0.4, 0.5) is 5.69 Å². The minimum Gasteiger partial charge on any atom is -0.333 e. The lowest BCUT2D eigenvalue weighted by molar-refractivity contribution is 0.0655. The highest BCUT2D eigenvalue weighted by molar-refractivity contribution is 7.92. The van der Waals surface area contributed by atoms with Gasteiger partial charge in [0.25, 0.3) is 15.9 Å². The maximum Gasteiger partial charge on any atom is 0.261 e. The van der Waals surface area contributed by atoms with E-state index < -0.39 is 10.0 Å². The lowest BCUT2D eigenvalue weighted by atomic mass is 10.1. The van der Waals surface area contributed by atoms with Crippen molar-refractivity contribution in [2.24, 2.45) is 0 Å². The van der Waals surface area contributed by atoms with E-state index in [1.807, 2.05) is 30.9 Å². The van der Waals surface area contributed by atoms with E-state index in [-0.39, 0.29) is 16.8 Å². The molecule has 1 aliphatic rings. The van der Waals surface area contributed by atoms with Gasteiger partial charge in [-0.15, -0.1) is 0 Å². The van der Waals surface area contributed by atoms with Crippen LogP contribution in [0, 0.1) is 6.92 Å². The molecule has 0 saturated carbocycles. The number of aryl methyl sites for hydroxylation is 1. The summed E-state index contributed by atoms with van der Waals surface area (Å²) in [5.41, 5.74) is 2.05. The monoisotopic (exact) mass is 373 g/mol. The number of rotatable bonds is 4. The minimum atomic E-state index is -3.69. The van der Waals surface area contributed by atoms with Gasteiger partial charge in [-0.25, -0.2) is 8.42 Å². The van der Waals surface area contributed by atoms with Gasteiger partial charge in [-0.3, -0.25) is 9.52 Å². The average molecular weight is 373 g/mol. The molecule has 2 aromatic carbocycles. The number of carbonyl (C=O) groups is 1. The number of nitrogens with one attached hydrogen (secondary N) is 2. The number of carbonyl (C=O) groups excluding carboxylic acids is 1. The molecule has 1 heterocycles. The van der Waals surface area contributed by atoms with E-state index in [2.05, 4.69) is 10.0 Å². The zero-order chi connectivity index (χ0) is 18.7. The maximum absolute atomic E-state index is 12.6. The standard InChI is InChI=1S/C19H23N3O3S/c1-14-3-7-17(8-4-14)21-26(24,25)18-9-5-16(6-10-18)19(23)22-12-11-20-13-15(22)2/h3-10,15,20-21H,11-13H2,1-2H3/t15-/m1/s1. The van der Waals surface area contributed by atoms with Crippen molar-refractivity contribution in [2.45, 2.75) is 24.8 Å². The van der Waals surface area contributed by atoms with E-state index in [0.29, 0.717) is 17.8 Å². The molecular weight excluding hydrogens is 350 g/mol. The fraction of sp³-hybridized carbons (Fsp3) is 0.316. The fourth-order valence-corrected chi connectivity index (χ4v) is 3.98. The molecule has 2 N–H and O–H groups in total. The first kappa shape index (κ1) is 18.4. The van der Waals surface area contributed by atoms with Gasteiger partial charge in [0.2, 0.25) is 0 Å². The van der Waals surface area contributed by atoms with Crippen LogP contribution >= 0.6 is 0 Å². The molecule has 1 fully saturated rings. The first-order chi connectivity index (χ1) is 12.4. The molecule has 3 rings (SSSR count). The summed E-state index contributed by atoms with van der Waals surface area (Å²) >= 11 is 0. The van der Waals surface area contributed by atoms with Crippen LogP contribution < -0.4 is 10.0 Å². The Labute approximate surface area is 154 Å². The van der Waals surface area contributed by atoms with Gasteiger partial charge in [-0.05, 0) is 50.2 Å². The van der Waals surface area contributed by atoms with Crippen LogP contribution in [0.1, 0.15) is 22.8 Å². The molecule has 0 aromatic heterocycles. The van der Waals surface area contributed by atoms with Gasteiger partial charge in [0.1, 0.15) is 0 Å². The Morgan fingerprint density at radius 2 is 1.77 bits per heavy atom. The van der Waals surface area contributed by atoms with Crippen LogP contribution in [0.3, 0.4) is 0 Å². The molecule has 0 bridgehead atoms. The van der Waals surface area contributed by atoms with Crippen LogP contribution in [0.5, 0.6) is 0 Å². The van der Waals surface area contributed by atoms with E-state index in [1.165, 1.54) is 12.1 Å². The van der Waals surface area contributed by atoms with Gasteiger partial charge < -0.3 is 10.2 Å². The summed E-state index contributed by atoms with van der Waals surface area (Å²) in [7, 11) is -3.69. The predicted molar refractivity (Wildman–Crippen MR) is 102 cm³/mol. The summed E-state index contributed by atoms with van der Waals surface area (Å²) < 4.78 is 27.6. The summed E-state index contributed by atoms with van der Waals surface area (Å²) in [5, 5.41) is 3.24. The lowest BCUT2D eigenvalue weighted by Gasteiger charge is -2.34. The second-order valence-electron chi connectivity index (χ2n) is 6.55. The number of amides is 1. The van der Waals surface area contributed by atoms with Crippen LogP contribution in [0.15, 0.2) is 53.4 Å². The van der Waals surface area contributed by atoms with Gasteiger partial charge in [-0.1, -0.05) is 17.7 Å². The van der Waals surface area contributed by atoms with Crippen molar-refractivity contribution < 1.29 is 13.2 Å². The summed E-state index contributed by atoms with van der Waals surface area (Å²) in [5.74, 6) is -0.0746. The Balaban J connectivity index is 1.75. The van der Waals surface area contributed by atoms with Gasteiger partial charge >= 0.3 is 0 Å². The summed E-state index contributed by atoms with van der Waals surface area (Å²) in [4.78, 5) is 14.6. The SMILES string of the molecule is Cc1ccc(NS(=O)(=O)c2ccc(C(=O)N3CCNC[C@H]3C)cc2)cc1. The minimum absolute atomic E-state index is 0.0746. The Bertz CT molecular complexity index is 877. The highest BCUT2D eigenvalue weighted by atomic mass is 32.2. The molecular formula is C19H23N3O3S. The van der Waals surface area contributed by atoms with Gasteiger partial charge in [0.05, 0.1) is 4.90 Å². The number of hydrogen-bond acceptors (Lipinski definition) is 4. The van der Waals surface area contributed by atoms with Crippen molar-refractivity contribution in [2.75, 3.05) is 24.4 Å². The highest BCUT2D eigenvalue weighted by Gasteiger charge is 2.24. The van der Waals surface area contributed by atoms with Crippen molar-refractivity contribution in [1.82, 2.24) is 10.2 Å². The first-order valence-electron chi connectivity index (χ1n) is 8.58. The number of hydrogen-bond donors (Lipinski definition) is 2. The molecule has 1 saturated heterocycles. The number of piperazine rings is 1. The Morgan fingerprint density at radius 1 is 1.12 bits per heavy atom. The molecule has 6 nitrogen and oxygen atoms in total. The van der Waals surface area contributed by atoms with Gasteiger partial charge in [0.15, 0.2) is 0 Å². The van der Waals surface area contributed by atoms with Crippen LogP contribution in [-0.2, 0) is 10.0 Å². The molecule has 0 radical (unpaired) electrons. The Kier molecular flexibility index (Phi) is 5.29. The van der Waals surface area contributed by atoms with Crippen molar-refractivity contribution in [3.05, 3.63) is 59.7 Å². The molecule has 0 aliphatic carbocycles. The molecule has 0 spiro atoms. The number of nitrogens with zero attached hydrogens (tertiary/aromatic N) is 1. The zero-order valence-corrected chi connectivity index (χ0v) is 15.7. The largest absolute Gasteiger partial charge is 0.333 e. The van der Waals surface area contributed by atoms with E-state index in [4.69, 9.17) is 0 Å². The van der Waals surface area contributed by atoms with Crippen LogP contribution in [0.25, 0.3) is 0 Å². The van der Waals surface area contributed by atoms with E-state index in [1.54, 1.807) is 24.3 Å². The molecule has 0 unspecified atom stereocenters. The molecule has 1 atom stereocenters. The Hall–Kier alpha value is -2.38. The topological polar surface area (TPSA) is 78.5 Å². The van der Waals surface area contributed by atoms with Crippen molar-refractivity contribution in [1.29, 1.82) is 0 Å². The predicted octanol–water partition coefficient (Wildman–Crippen LogP) is 2.23. The first-order valence-corrected chi connectivity index (χ1v) is 10.1. The van der Waals surface area contributed by atoms with E-state index >= 15 is 0 Å². The Morgan fingerprint density at radius 3 is 2.38 bits per heavy atom. The van der Waals surface area contributed by atoms with Crippen molar-refractivity contribution in [3.63, 3.8) is 0 Å². The number of sulfonamides is 1. The molecule has 138 valence electrons. The van der Waals surface area contributed by atoms with E-state index in [0.717, 1.165) is 18.7 Å². The molecule has 2 aromatic rings. The third kappa shape index (κ3) is 4.05. The number of benzene rings is 2. The van der Waals surface area contributed by atoms with Gasteiger partial charge in [0, 0.05) is 36.9 Å². The van der Waals surface area contributed by atoms with Crippen molar-refractivity contribution in [3.8, 4) is 0 Å². The summed E-state index contributed by atoms with van der Waals surface area (Å²) in [6.07, 6.45) is 0. The number of anilines is 1. The normalized spacial score (nSPS) is 17.8. The second-order valence-corrected chi connectivity index (χ2v) is 8.23. The van der Waals surface area contributed by atoms with Gasteiger partial charge in [-0.2, -0.15) is 0 Å². The summed E-state index contributed by atoms with van der Waals surface area (Å²) in [6.45, 7) is 6.11. The third-order valence-electron chi connectivity index (χ3n) is 4.48. The second kappa shape index (κ2) is 7.47. The quantitative estimate of drug-likeness (QED) is 0.861. The summed E-state index contributed by atoms with van der Waals surface area (Å²) in [6, 6.07) is 13.3. The maximum atomic E-state index is 12.6. The molecule has 7 heteroatoms.